The number of piperazine rings is 1. The summed E-state index contributed by atoms with van der Waals surface area (Å²) in [5.41, 5.74) is 2.58. The minimum Gasteiger partial charge on any atom is -0.368 e. The second kappa shape index (κ2) is 7.50. The fourth-order valence-corrected chi connectivity index (χ4v) is 2.66. The number of para-hydroxylation sites is 1. The van der Waals surface area contributed by atoms with E-state index in [2.05, 4.69) is 15.5 Å². The summed E-state index contributed by atoms with van der Waals surface area (Å²) < 4.78 is 0. The number of carbonyl (C=O) groups is 2. The van der Waals surface area contributed by atoms with Crippen molar-refractivity contribution in [3.05, 3.63) is 54.6 Å². The van der Waals surface area contributed by atoms with Crippen LogP contribution in [0.25, 0.3) is 0 Å². The Hall–Kier alpha value is -3.02. The van der Waals surface area contributed by atoms with Crippen molar-refractivity contribution in [1.82, 2.24) is 4.90 Å². The summed E-state index contributed by atoms with van der Waals surface area (Å²) in [5.74, 6) is 0. The van der Waals surface area contributed by atoms with Crippen molar-refractivity contribution in [1.29, 1.82) is 0 Å². The lowest BCUT2D eigenvalue weighted by atomic mass is 10.2. The van der Waals surface area contributed by atoms with E-state index >= 15 is 0 Å². The van der Waals surface area contributed by atoms with Gasteiger partial charge in [0, 0.05) is 43.2 Å². The number of amides is 3. The molecule has 0 unspecified atom stereocenters. The number of nitrogens with zero attached hydrogens (tertiary/aromatic N) is 2. The maximum Gasteiger partial charge on any atom is 0.323 e. The normalized spacial score (nSPS) is 14.2. The fraction of sp³-hybridized carbons (Fsp3) is 0.222. The van der Waals surface area contributed by atoms with E-state index in [9.17, 15) is 9.59 Å². The van der Waals surface area contributed by atoms with Gasteiger partial charge in [-0.1, -0.05) is 18.2 Å². The molecule has 0 aliphatic carbocycles. The topological polar surface area (TPSA) is 64.7 Å². The van der Waals surface area contributed by atoms with E-state index in [0.29, 0.717) is 0 Å². The summed E-state index contributed by atoms with van der Waals surface area (Å²) >= 11 is 0. The Labute approximate surface area is 141 Å². The van der Waals surface area contributed by atoms with E-state index in [1.165, 1.54) is 0 Å². The lowest BCUT2D eigenvalue weighted by Crippen LogP contribution is -2.45. The van der Waals surface area contributed by atoms with Crippen LogP contribution < -0.4 is 15.5 Å². The van der Waals surface area contributed by atoms with Gasteiger partial charge in [-0.05, 0) is 36.4 Å². The van der Waals surface area contributed by atoms with Crippen molar-refractivity contribution < 1.29 is 9.59 Å². The molecular weight excluding hydrogens is 304 g/mol. The van der Waals surface area contributed by atoms with Crippen LogP contribution in [-0.2, 0) is 4.79 Å². The summed E-state index contributed by atoms with van der Waals surface area (Å²) in [6, 6.07) is 16.8. The molecule has 1 fully saturated rings. The zero-order chi connectivity index (χ0) is 16.8. The van der Waals surface area contributed by atoms with E-state index < -0.39 is 0 Å². The third-order valence-electron chi connectivity index (χ3n) is 3.99. The van der Waals surface area contributed by atoms with Gasteiger partial charge in [-0.2, -0.15) is 0 Å². The van der Waals surface area contributed by atoms with Crippen LogP contribution in [0.1, 0.15) is 0 Å². The van der Waals surface area contributed by atoms with Gasteiger partial charge in [-0.3, -0.25) is 4.79 Å². The van der Waals surface area contributed by atoms with Gasteiger partial charge in [-0.15, -0.1) is 0 Å². The number of hydrogen-bond donors (Lipinski definition) is 2. The van der Waals surface area contributed by atoms with E-state index in [1.807, 2.05) is 54.6 Å². The smallest absolute Gasteiger partial charge is 0.323 e. The number of rotatable bonds is 4. The molecule has 0 radical (unpaired) electrons. The number of urea groups is 1. The average molecular weight is 324 g/mol. The number of benzene rings is 2. The maximum absolute atomic E-state index is 12.0. The number of hydrogen-bond acceptors (Lipinski definition) is 3. The number of carbonyl (C=O) groups excluding carboxylic acids is 2. The van der Waals surface area contributed by atoms with Crippen LogP contribution >= 0.6 is 0 Å². The largest absolute Gasteiger partial charge is 0.368 e. The second-order valence-electron chi connectivity index (χ2n) is 5.62. The molecule has 0 saturated carbocycles. The molecular formula is C18H20N4O2. The molecule has 2 aromatic carbocycles. The minimum atomic E-state index is -0.270. The molecule has 0 aromatic heterocycles. The highest BCUT2D eigenvalue weighted by Crippen LogP contribution is 2.19. The van der Waals surface area contributed by atoms with Crippen molar-refractivity contribution in [3.8, 4) is 0 Å². The molecule has 1 aliphatic rings. The SMILES string of the molecule is O=CN1CCN(c2ccc(NC(=O)Nc3ccccc3)cc2)CC1. The molecule has 0 atom stereocenters. The van der Waals surface area contributed by atoms with Gasteiger partial charge in [-0.25, -0.2) is 4.79 Å². The standard InChI is InChI=1S/C18H20N4O2/c23-14-21-10-12-22(13-11-21)17-8-6-16(7-9-17)20-18(24)19-15-4-2-1-3-5-15/h1-9,14H,10-13H2,(H2,19,20,24). The summed E-state index contributed by atoms with van der Waals surface area (Å²) in [5, 5.41) is 5.59. The highest BCUT2D eigenvalue weighted by atomic mass is 16.2. The van der Waals surface area contributed by atoms with Crippen LogP contribution in [0.3, 0.4) is 0 Å². The quantitative estimate of drug-likeness (QED) is 0.850. The lowest BCUT2D eigenvalue weighted by Gasteiger charge is -2.34. The van der Waals surface area contributed by atoms with Crippen molar-refractivity contribution in [3.63, 3.8) is 0 Å². The van der Waals surface area contributed by atoms with Crippen LogP contribution in [-0.4, -0.2) is 43.5 Å². The Morgan fingerprint density at radius 3 is 2.00 bits per heavy atom. The van der Waals surface area contributed by atoms with Crippen molar-refractivity contribution in [2.75, 3.05) is 41.7 Å². The molecule has 1 saturated heterocycles. The monoisotopic (exact) mass is 324 g/mol. The lowest BCUT2D eigenvalue weighted by molar-refractivity contribution is -0.118. The highest BCUT2D eigenvalue weighted by molar-refractivity contribution is 5.99. The Morgan fingerprint density at radius 2 is 1.42 bits per heavy atom. The molecule has 2 N–H and O–H groups in total. The third-order valence-corrected chi connectivity index (χ3v) is 3.99. The molecule has 3 amide bonds. The molecule has 6 heteroatoms. The molecule has 0 bridgehead atoms. The van der Waals surface area contributed by atoms with Crippen LogP contribution in [0.15, 0.2) is 54.6 Å². The highest BCUT2D eigenvalue weighted by Gasteiger charge is 2.15. The molecule has 0 spiro atoms. The zero-order valence-electron chi connectivity index (χ0n) is 13.3. The Morgan fingerprint density at radius 1 is 0.833 bits per heavy atom. The summed E-state index contributed by atoms with van der Waals surface area (Å²) in [4.78, 5) is 26.7. The maximum atomic E-state index is 12.0. The van der Waals surface area contributed by atoms with Gasteiger partial charge in [0.2, 0.25) is 6.41 Å². The molecule has 124 valence electrons. The van der Waals surface area contributed by atoms with Crippen molar-refractivity contribution in [2.24, 2.45) is 0 Å². The van der Waals surface area contributed by atoms with E-state index in [1.54, 1.807) is 4.90 Å². The van der Waals surface area contributed by atoms with Crippen LogP contribution in [0, 0.1) is 0 Å². The first-order valence-corrected chi connectivity index (χ1v) is 7.92. The Kier molecular flexibility index (Phi) is 4.96. The molecule has 24 heavy (non-hydrogen) atoms. The van der Waals surface area contributed by atoms with Gasteiger partial charge in [0.25, 0.3) is 0 Å². The van der Waals surface area contributed by atoms with Gasteiger partial charge in [0.05, 0.1) is 0 Å². The first-order valence-electron chi connectivity index (χ1n) is 7.92. The summed E-state index contributed by atoms with van der Waals surface area (Å²) in [7, 11) is 0. The second-order valence-corrected chi connectivity index (χ2v) is 5.62. The number of anilines is 3. The Balaban J connectivity index is 1.55. The summed E-state index contributed by atoms with van der Waals surface area (Å²) in [6.07, 6.45) is 0.899. The first kappa shape index (κ1) is 15.9. The molecule has 3 rings (SSSR count). The van der Waals surface area contributed by atoms with E-state index in [0.717, 1.165) is 49.7 Å². The number of nitrogens with one attached hydrogen (secondary N) is 2. The van der Waals surface area contributed by atoms with E-state index in [-0.39, 0.29) is 6.03 Å². The predicted octanol–water partition coefficient (Wildman–Crippen LogP) is 2.61. The van der Waals surface area contributed by atoms with E-state index in [4.69, 9.17) is 0 Å². The minimum absolute atomic E-state index is 0.270. The molecule has 6 nitrogen and oxygen atoms in total. The van der Waals surface area contributed by atoms with Gasteiger partial charge >= 0.3 is 6.03 Å². The fourth-order valence-electron chi connectivity index (χ4n) is 2.66. The van der Waals surface area contributed by atoms with Crippen LogP contribution in [0.2, 0.25) is 0 Å². The van der Waals surface area contributed by atoms with Gasteiger partial charge in [0.1, 0.15) is 0 Å². The molecule has 1 aliphatic heterocycles. The van der Waals surface area contributed by atoms with Gasteiger partial charge < -0.3 is 20.4 Å². The predicted molar refractivity (Wildman–Crippen MR) is 95.4 cm³/mol. The van der Waals surface area contributed by atoms with Crippen LogP contribution in [0.4, 0.5) is 21.9 Å². The van der Waals surface area contributed by atoms with Crippen molar-refractivity contribution in [2.45, 2.75) is 0 Å². The zero-order valence-corrected chi connectivity index (χ0v) is 13.3. The van der Waals surface area contributed by atoms with Crippen molar-refractivity contribution >= 4 is 29.5 Å². The summed E-state index contributed by atoms with van der Waals surface area (Å²) in [6.45, 7) is 3.12. The van der Waals surface area contributed by atoms with Crippen LogP contribution in [0.5, 0.6) is 0 Å². The molecule has 2 aromatic rings. The molecule has 1 heterocycles. The third kappa shape index (κ3) is 4.04. The first-order chi connectivity index (χ1) is 11.7. The van der Waals surface area contributed by atoms with Gasteiger partial charge in [0.15, 0.2) is 0 Å². The Bertz CT molecular complexity index is 680. The average Bonchev–Trinajstić information content (AvgIpc) is 2.63.